The third-order valence-corrected chi connectivity index (χ3v) is 4.42. The highest BCUT2D eigenvalue weighted by Crippen LogP contribution is 2.19. The summed E-state index contributed by atoms with van der Waals surface area (Å²) in [7, 11) is 0. The molecule has 0 saturated carbocycles. The molecule has 28 heavy (non-hydrogen) atoms. The number of rotatable bonds is 5. The minimum atomic E-state index is -0.446. The number of urea groups is 1. The highest BCUT2D eigenvalue weighted by Gasteiger charge is 2.16. The molecule has 142 valence electrons. The number of hydrogen-bond acceptors (Lipinski definition) is 2. The molecule has 0 aliphatic heterocycles. The van der Waals surface area contributed by atoms with Crippen molar-refractivity contribution in [1.29, 1.82) is 0 Å². The maximum absolute atomic E-state index is 12.7. The SMILES string of the molecule is C[C@@H](NC(=O)c1ccccc1NC(=O)Nc1ccc(Cl)cc1)c1ccccc1. The van der Waals surface area contributed by atoms with Crippen LogP contribution in [-0.2, 0) is 0 Å². The van der Waals surface area contributed by atoms with Gasteiger partial charge in [-0.2, -0.15) is 0 Å². The van der Waals surface area contributed by atoms with Gasteiger partial charge in [-0.05, 0) is 48.9 Å². The largest absolute Gasteiger partial charge is 0.345 e. The van der Waals surface area contributed by atoms with Crippen molar-refractivity contribution in [2.45, 2.75) is 13.0 Å². The van der Waals surface area contributed by atoms with Crippen LogP contribution in [0, 0.1) is 0 Å². The first kappa shape index (κ1) is 19.5. The maximum Gasteiger partial charge on any atom is 0.323 e. The second kappa shape index (κ2) is 9.06. The molecule has 3 rings (SSSR count). The number of amides is 3. The van der Waals surface area contributed by atoms with Gasteiger partial charge in [0.1, 0.15) is 0 Å². The second-order valence-corrected chi connectivity index (χ2v) is 6.67. The Bertz CT molecular complexity index is 959. The minimum Gasteiger partial charge on any atom is -0.345 e. The van der Waals surface area contributed by atoms with Crippen LogP contribution in [-0.4, -0.2) is 11.9 Å². The summed E-state index contributed by atoms with van der Waals surface area (Å²) in [6, 6.07) is 22.7. The molecule has 0 saturated heterocycles. The zero-order valence-electron chi connectivity index (χ0n) is 15.3. The normalized spacial score (nSPS) is 11.4. The van der Waals surface area contributed by atoms with Gasteiger partial charge >= 0.3 is 6.03 Å². The predicted octanol–water partition coefficient (Wildman–Crippen LogP) is 5.48. The Morgan fingerprint density at radius 2 is 1.46 bits per heavy atom. The van der Waals surface area contributed by atoms with Gasteiger partial charge in [-0.25, -0.2) is 4.79 Å². The highest BCUT2D eigenvalue weighted by atomic mass is 35.5. The highest BCUT2D eigenvalue weighted by molar-refractivity contribution is 6.30. The monoisotopic (exact) mass is 393 g/mol. The van der Waals surface area contributed by atoms with Crippen LogP contribution in [0.2, 0.25) is 5.02 Å². The summed E-state index contributed by atoms with van der Waals surface area (Å²) in [5, 5.41) is 8.97. The summed E-state index contributed by atoms with van der Waals surface area (Å²) in [4.78, 5) is 25.0. The Morgan fingerprint density at radius 3 is 2.18 bits per heavy atom. The molecule has 3 aromatic rings. The van der Waals surface area contributed by atoms with Gasteiger partial charge in [-0.15, -0.1) is 0 Å². The van der Waals surface area contributed by atoms with Gasteiger partial charge in [0.25, 0.3) is 5.91 Å². The van der Waals surface area contributed by atoms with Crippen LogP contribution in [0.25, 0.3) is 0 Å². The Kier molecular flexibility index (Phi) is 6.29. The van der Waals surface area contributed by atoms with Gasteiger partial charge in [0, 0.05) is 10.7 Å². The van der Waals surface area contributed by atoms with Crippen LogP contribution < -0.4 is 16.0 Å². The number of para-hydroxylation sites is 1. The molecular weight excluding hydrogens is 374 g/mol. The fraction of sp³-hybridized carbons (Fsp3) is 0.0909. The van der Waals surface area contributed by atoms with Gasteiger partial charge < -0.3 is 16.0 Å². The van der Waals surface area contributed by atoms with Gasteiger partial charge in [0.15, 0.2) is 0 Å². The van der Waals surface area contributed by atoms with Gasteiger partial charge in [-0.3, -0.25) is 4.79 Å². The molecule has 0 bridgehead atoms. The Balaban J connectivity index is 1.69. The zero-order valence-corrected chi connectivity index (χ0v) is 16.0. The van der Waals surface area contributed by atoms with Crippen LogP contribution in [0.4, 0.5) is 16.2 Å². The van der Waals surface area contributed by atoms with Gasteiger partial charge in [0.05, 0.1) is 17.3 Å². The van der Waals surface area contributed by atoms with Crippen LogP contribution >= 0.6 is 11.6 Å². The topological polar surface area (TPSA) is 70.2 Å². The molecule has 0 fully saturated rings. The van der Waals surface area contributed by atoms with E-state index in [9.17, 15) is 9.59 Å². The van der Waals surface area contributed by atoms with E-state index in [-0.39, 0.29) is 11.9 Å². The van der Waals surface area contributed by atoms with Crippen LogP contribution in [0.3, 0.4) is 0 Å². The third kappa shape index (κ3) is 5.11. The molecule has 0 aliphatic carbocycles. The molecule has 1 atom stereocenters. The van der Waals surface area contributed by atoms with Gasteiger partial charge in [-0.1, -0.05) is 54.1 Å². The number of halogens is 1. The number of benzene rings is 3. The first-order valence-electron chi connectivity index (χ1n) is 8.81. The molecule has 0 spiro atoms. The summed E-state index contributed by atoms with van der Waals surface area (Å²) in [5.74, 6) is -0.265. The molecular formula is C22H20ClN3O2. The lowest BCUT2D eigenvalue weighted by molar-refractivity contribution is 0.0941. The van der Waals surface area contributed by atoms with E-state index in [1.165, 1.54) is 0 Å². The predicted molar refractivity (Wildman–Crippen MR) is 113 cm³/mol. The van der Waals surface area contributed by atoms with E-state index >= 15 is 0 Å². The first-order valence-corrected chi connectivity index (χ1v) is 9.19. The van der Waals surface area contributed by atoms with E-state index in [0.717, 1.165) is 5.56 Å². The standard InChI is InChI=1S/C22H20ClN3O2/c1-15(16-7-3-2-4-8-16)24-21(27)19-9-5-6-10-20(19)26-22(28)25-18-13-11-17(23)12-14-18/h2-15H,1H3,(H,24,27)(H2,25,26,28)/t15-/m1/s1. The average molecular weight is 394 g/mol. The van der Waals surface area contributed by atoms with E-state index in [4.69, 9.17) is 11.6 Å². The van der Waals surface area contributed by atoms with Crippen molar-refractivity contribution in [3.05, 3.63) is 95.0 Å². The molecule has 0 aliphatic rings. The molecule has 6 heteroatoms. The van der Waals surface area contributed by atoms with Crippen LogP contribution in [0.5, 0.6) is 0 Å². The smallest absolute Gasteiger partial charge is 0.323 e. The lowest BCUT2D eigenvalue weighted by Crippen LogP contribution is -2.28. The Labute approximate surface area is 168 Å². The number of carbonyl (C=O) groups excluding carboxylic acids is 2. The maximum atomic E-state index is 12.7. The second-order valence-electron chi connectivity index (χ2n) is 6.24. The van der Waals surface area contributed by atoms with Gasteiger partial charge in [0.2, 0.25) is 0 Å². The molecule has 3 N–H and O–H groups in total. The quantitative estimate of drug-likeness (QED) is 0.537. The molecule has 5 nitrogen and oxygen atoms in total. The Hall–Kier alpha value is -3.31. The van der Waals surface area contributed by atoms with Crippen molar-refractivity contribution in [3.8, 4) is 0 Å². The van der Waals surface area contributed by atoms with Crippen molar-refractivity contribution in [3.63, 3.8) is 0 Å². The van der Waals surface area contributed by atoms with E-state index in [2.05, 4.69) is 16.0 Å². The average Bonchev–Trinajstić information content (AvgIpc) is 2.70. The van der Waals surface area contributed by atoms with Crippen LogP contribution in [0.15, 0.2) is 78.9 Å². The third-order valence-electron chi connectivity index (χ3n) is 4.17. The van der Waals surface area contributed by atoms with Crippen molar-refractivity contribution in [1.82, 2.24) is 5.32 Å². The van der Waals surface area contributed by atoms with Crippen LogP contribution in [0.1, 0.15) is 28.9 Å². The number of hydrogen-bond donors (Lipinski definition) is 3. The van der Waals surface area contributed by atoms with Crippen molar-refractivity contribution in [2.24, 2.45) is 0 Å². The van der Waals surface area contributed by atoms with E-state index < -0.39 is 6.03 Å². The molecule has 0 heterocycles. The van der Waals surface area contributed by atoms with Crippen molar-refractivity contribution < 1.29 is 9.59 Å². The lowest BCUT2D eigenvalue weighted by atomic mass is 10.1. The zero-order chi connectivity index (χ0) is 19.9. The summed E-state index contributed by atoms with van der Waals surface area (Å²) >= 11 is 5.85. The molecule has 0 aromatic heterocycles. The summed E-state index contributed by atoms with van der Waals surface area (Å²) < 4.78 is 0. The molecule has 3 aromatic carbocycles. The summed E-state index contributed by atoms with van der Waals surface area (Å²) in [6.07, 6.45) is 0. The first-order chi connectivity index (χ1) is 13.5. The fourth-order valence-corrected chi connectivity index (χ4v) is 2.83. The van der Waals surface area contributed by atoms with E-state index in [0.29, 0.717) is 22.0 Å². The number of anilines is 2. The number of carbonyl (C=O) groups is 2. The number of nitrogens with one attached hydrogen (secondary N) is 3. The van der Waals surface area contributed by atoms with Crippen molar-refractivity contribution >= 4 is 34.9 Å². The minimum absolute atomic E-state index is 0.162. The fourth-order valence-electron chi connectivity index (χ4n) is 2.71. The summed E-state index contributed by atoms with van der Waals surface area (Å²) in [6.45, 7) is 1.91. The lowest BCUT2D eigenvalue weighted by Gasteiger charge is -2.16. The van der Waals surface area contributed by atoms with Crippen molar-refractivity contribution in [2.75, 3.05) is 10.6 Å². The van der Waals surface area contributed by atoms with E-state index in [1.54, 1.807) is 48.5 Å². The molecule has 3 amide bonds. The molecule has 0 radical (unpaired) electrons. The van der Waals surface area contributed by atoms with E-state index in [1.807, 2.05) is 37.3 Å². The summed E-state index contributed by atoms with van der Waals surface area (Å²) in [5.41, 5.74) is 2.41. The molecule has 0 unspecified atom stereocenters. The Morgan fingerprint density at radius 1 is 0.821 bits per heavy atom.